The van der Waals surface area contributed by atoms with Crippen LogP contribution in [0.3, 0.4) is 0 Å². The highest BCUT2D eigenvalue weighted by Gasteiger charge is 2.16. The molecule has 2 rings (SSSR count). The average Bonchev–Trinajstić information content (AvgIpc) is 2.74. The van der Waals surface area contributed by atoms with E-state index in [-0.39, 0.29) is 0 Å². The van der Waals surface area contributed by atoms with Crippen LogP contribution in [0.5, 0.6) is 0 Å². The maximum atomic E-state index is 11.5. The topological polar surface area (TPSA) is 68.5 Å². The van der Waals surface area contributed by atoms with Crippen molar-refractivity contribution in [1.82, 2.24) is 15.2 Å². The number of para-hydroxylation sites is 1. The predicted molar refractivity (Wildman–Crippen MR) is 90.3 cm³/mol. The van der Waals surface area contributed by atoms with Gasteiger partial charge in [-0.2, -0.15) is 10.2 Å². The number of halogens is 1. The summed E-state index contributed by atoms with van der Waals surface area (Å²) in [6.07, 6.45) is 0.826. The minimum absolute atomic E-state index is 0.420. The Morgan fingerprint density at radius 2 is 2.00 bits per heavy atom. The monoisotopic (exact) mass is 334 g/mol. The van der Waals surface area contributed by atoms with Crippen molar-refractivity contribution in [2.75, 3.05) is 0 Å². The van der Waals surface area contributed by atoms with Crippen molar-refractivity contribution in [3.05, 3.63) is 46.7 Å². The van der Waals surface area contributed by atoms with Crippen LogP contribution in [-0.2, 0) is 4.74 Å². The van der Waals surface area contributed by atoms with Gasteiger partial charge in [0, 0.05) is 0 Å². The fourth-order valence-corrected chi connectivity index (χ4v) is 2.17. The van der Waals surface area contributed by atoms with Gasteiger partial charge in [-0.25, -0.2) is 14.9 Å². The van der Waals surface area contributed by atoms with Gasteiger partial charge in [-0.15, -0.1) is 0 Å². The number of nitrogens with zero attached hydrogens (tertiary/aromatic N) is 3. The van der Waals surface area contributed by atoms with Gasteiger partial charge in [-0.1, -0.05) is 29.8 Å². The highest BCUT2D eigenvalue weighted by atomic mass is 35.5. The van der Waals surface area contributed by atoms with E-state index in [1.807, 2.05) is 37.3 Å². The highest BCUT2D eigenvalue weighted by Crippen LogP contribution is 2.21. The first-order valence-electron chi connectivity index (χ1n) is 7.10. The van der Waals surface area contributed by atoms with Crippen LogP contribution in [0.1, 0.15) is 32.0 Å². The fraction of sp³-hybridized carbons (Fsp3) is 0.312. The van der Waals surface area contributed by atoms with Gasteiger partial charge in [-0.3, -0.25) is 0 Å². The second-order valence-electron chi connectivity index (χ2n) is 5.91. The minimum Gasteiger partial charge on any atom is -0.443 e. The first kappa shape index (κ1) is 17.0. The van der Waals surface area contributed by atoms with Crippen LogP contribution in [0.4, 0.5) is 4.79 Å². The lowest BCUT2D eigenvalue weighted by Crippen LogP contribution is -2.29. The zero-order valence-corrected chi connectivity index (χ0v) is 14.3. The van der Waals surface area contributed by atoms with Gasteiger partial charge in [0.1, 0.15) is 10.8 Å². The summed E-state index contributed by atoms with van der Waals surface area (Å²) in [6.45, 7) is 7.16. The Bertz CT molecular complexity index is 718. The molecule has 0 atom stereocenters. The van der Waals surface area contributed by atoms with E-state index in [1.165, 1.54) is 6.21 Å². The Labute approximate surface area is 140 Å². The first-order chi connectivity index (χ1) is 10.8. The van der Waals surface area contributed by atoms with E-state index in [0.29, 0.717) is 16.4 Å². The van der Waals surface area contributed by atoms with E-state index in [2.05, 4.69) is 15.6 Å². The predicted octanol–water partition coefficient (Wildman–Crippen LogP) is 3.69. The third kappa shape index (κ3) is 4.56. The number of ether oxygens (including phenoxy) is 1. The number of carbonyl (C=O) groups is 1. The van der Waals surface area contributed by atoms with Gasteiger partial charge in [0.25, 0.3) is 0 Å². The summed E-state index contributed by atoms with van der Waals surface area (Å²) in [5, 5.41) is 8.67. The molecule has 7 heteroatoms. The van der Waals surface area contributed by atoms with Crippen molar-refractivity contribution in [3.8, 4) is 5.69 Å². The maximum absolute atomic E-state index is 11.5. The third-order valence-electron chi connectivity index (χ3n) is 2.80. The fourth-order valence-electron chi connectivity index (χ4n) is 1.85. The van der Waals surface area contributed by atoms with Crippen molar-refractivity contribution in [2.45, 2.75) is 33.3 Å². The molecule has 1 heterocycles. The van der Waals surface area contributed by atoms with Crippen molar-refractivity contribution >= 4 is 23.9 Å². The number of carbonyl (C=O) groups excluding carboxylic acids is 1. The van der Waals surface area contributed by atoms with E-state index >= 15 is 0 Å². The average molecular weight is 335 g/mol. The SMILES string of the molecule is Cc1nn(-c2ccccc2)c(Cl)c1C=NNC(=O)OC(C)(C)C. The van der Waals surface area contributed by atoms with Gasteiger partial charge < -0.3 is 4.74 Å². The molecule has 0 unspecified atom stereocenters. The number of benzene rings is 1. The summed E-state index contributed by atoms with van der Waals surface area (Å²) in [7, 11) is 0. The second kappa shape index (κ2) is 6.83. The molecule has 0 aliphatic heterocycles. The van der Waals surface area contributed by atoms with E-state index in [0.717, 1.165) is 5.69 Å². The zero-order valence-electron chi connectivity index (χ0n) is 13.5. The number of amides is 1. The maximum Gasteiger partial charge on any atom is 0.428 e. The molecule has 1 N–H and O–H groups in total. The quantitative estimate of drug-likeness (QED) is 0.687. The molecule has 6 nitrogen and oxygen atoms in total. The Morgan fingerprint density at radius 3 is 2.61 bits per heavy atom. The molecule has 2 aromatic rings. The van der Waals surface area contributed by atoms with E-state index < -0.39 is 11.7 Å². The molecule has 0 bridgehead atoms. The van der Waals surface area contributed by atoms with Crippen LogP contribution in [0.15, 0.2) is 35.4 Å². The van der Waals surface area contributed by atoms with Crippen LogP contribution in [0, 0.1) is 6.92 Å². The molecule has 0 aliphatic rings. The number of hydrogen-bond donors (Lipinski definition) is 1. The Balaban J connectivity index is 2.14. The first-order valence-corrected chi connectivity index (χ1v) is 7.48. The van der Waals surface area contributed by atoms with E-state index in [1.54, 1.807) is 25.5 Å². The summed E-state index contributed by atoms with van der Waals surface area (Å²) in [4.78, 5) is 11.5. The molecule has 0 radical (unpaired) electrons. The second-order valence-corrected chi connectivity index (χ2v) is 6.27. The van der Waals surface area contributed by atoms with Crippen LogP contribution < -0.4 is 5.43 Å². The Kier molecular flexibility index (Phi) is 5.05. The van der Waals surface area contributed by atoms with Gasteiger partial charge in [0.2, 0.25) is 0 Å². The normalized spacial score (nSPS) is 11.7. The summed E-state index contributed by atoms with van der Waals surface area (Å²) < 4.78 is 6.71. The van der Waals surface area contributed by atoms with Crippen LogP contribution >= 0.6 is 11.6 Å². The minimum atomic E-state index is -0.627. The van der Waals surface area contributed by atoms with Gasteiger partial charge >= 0.3 is 6.09 Å². The molecule has 1 aromatic heterocycles. The molecule has 0 saturated heterocycles. The van der Waals surface area contributed by atoms with E-state index in [4.69, 9.17) is 16.3 Å². The molecule has 1 amide bonds. The molecule has 0 fully saturated rings. The van der Waals surface area contributed by atoms with Crippen LogP contribution in [0.2, 0.25) is 5.15 Å². The smallest absolute Gasteiger partial charge is 0.428 e. The summed E-state index contributed by atoms with van der Waals surface area (Å²) >= 11 is 6.35. The van der Waals surface area contributed by atoms with Crippen LogP contribution in [-0.4, -0.2) is 27.7 Å². The number of rotatable bonds is 3. The van der Waals surface area contributed by atoms with Crippen molar-refractivity contribution in [3.63, 3.8) is 0 Å². The lowest BCUT2D eigenvalue weighted by Gasteiger charge is -2.18. The number of hydrazone groups is 1. The van der Waals surface area contributed by atoms with Crippen LogP contribution in [0.25, 0.3) is 5.69 Å². The largest absolute Gasteiger partial charge is 0.443 e. The number of hydrogen-bond acceptors (Lipinski definition) is 4. The molecule has 122 valence electrons. The number of nitrogens with one attached hydrogen (secondary N) is 1. The molecule has 1 aromatic carbocycles. The van der Waals surface area contributed by atoms with Gasteiger partial charge in [0.15, 0.2) is 0 Å². The molecule has 0 spiro atoms. The molecular weight excluding hydrogens is 316 g/mol. The van der Waals surface area contributed by atoms with E-state index in [9.17, 15) is 4.79 Å². The Hall–Kier alpha value is -2.34. The summed E-state index contributed by atoms with van der Waals surface area (Å²) in [5.74, 6) is 0. The molecular formula is C16H19ClN4O2. The van der Waals surface area contributed by atoms with Crippen molar-refractivity contribution in [1.29, 1.82) is 0 Å². The number of aromatic nitrogens is 2. The van der Waals surface area contributed by atoms with Gasteiger partial charge in [-0.05, 0) is 39.8 Å². The standard InChI is InChI=1S/C16H19ClN4O2/c1-11-13(10-18-19-15(22)23-16(2,3)4)14(17)21(20-11)12-8-6-5-7-9-12/h5-10H,1-4H3,(H,19,22). The summed E-state index contributed by atoms with van der Waals surface area (Å²) in [6, 6.07) is 9.53. The highest BCUT2D eigenvalue weighted by molar-refractivity contribution is 6.32. The van der Waals surface area contributed by atoms with Gasteiger partial charge in [0.05, 0.1) is 23.2 Å². The molecule has 23 heavy (non-hydrogen) atoms. The van der Waals surface area contributed by atoms with Crippen molar-refractivity contribution < 1.29 is 9.53 Å². The Morgan fingerprint density at radius 1 is 1.35 bits per heavy atom. The van der Waals surface area contributed by atoms with Crippen molar-refractivity contribution in [2.24, 2.45) is 5.10 Å². The molecule has 0 saturated carbocycles. The zero-order chi connectivity index (χ0) is 17.0. The number of aryl methyl sites for hydroxylation is 1. The summed E-state index contributed by atoms with van der Waals surface area (Å²) in [5.41, 5.74) is 3.91. The lowest BCUT2D eigenvalue weighted by atomic mass is 10.2. The lowest BCUT2D eigenvalue weighted by molar-refractivity contribution is 0.0529. The molecule has 0 aliphatic carbocycles. The third-order valence-corrected chi connectivity index (χ3v) is 3.16.